The minimum Gasteiger partial charge on any atom is -0.357 e. The van der Waals surface area contributed by atoms with E-state index in [9.17, 15) is 14.9 Å². The minimum atomic E-state index is -0.514. The second kappa shape index (κ2) is 8.82. The van der Waals surface area contributed by atoms with Gasteiger partial charge < -0.3 is 10.2 Å². The first-order valence-corrected chi connectivity index (χ1v) is 11.8. The number of aromatic nitrogens is 1. The van der Waals surface area contributed by atoms with E-state index in [1.807, 2.05) is 36.4 Å². The van der Waals surface area contributed by atoms with Gasteiger partial charge in [-0.15, -0.1) is 0 Å². The molecule has 178 valence electrons. The van der Waals surface area contributed by atoms with Gasteiger partial charge in [0, 0.05) is 42.6 Å². The van der Waals surface area contributed by atoms with Crippen LogP contribution in [-0.2, 0) is 11.3 Å². The Balaban J connectivity index is 1.75. The zero-order valence-corrected chi connectivity index (χ0v) is 20.2. The number of non-ortho nitro benzene ring substituents is 1. The van der Waals surface area contributed by atoms with E-state index >= 15 is 0 Å². The molecule has 3 aromatic rings. The van der Waals surface area contributed by atoms with Crippen molar-refractivity contribution in [2.75, 3.05) is 10.2 Å². The summed E-state index contributed by atoms with van der Waals surface area (Å²) < 4.78 is 0. The third kappa shape index (κ3) is 4.51. The Morgan fingerprint density at radius 3 is 2.69 bits per heavy atom. The van der Waals surface area contributed by atoms with Crippen LogP contribution in [0.1, 0.15) is 43.9 Å². The summed E-state index contributed by atoms with van der Waals surface area (Å²) in [6.07, 6.45) is 2.82. The van der Waals surface area contributed by atoms with Crippen molar-refractivity contribution < 1.29 is 9.72 Å². The second-order valence-electron chi connectivity index (χ2n) is 9.85. The van der Waals surface area contributed by atoms with E-state index in [-0.39, 0.29) is 16.9 Å². The number of fused-ring (bicyclic) bond motifs is 1. The fraction of sp³-hybridized carbons (Fsp3) is 0.259. The summed E-state index contributed by atoms with van der Waals surface area (Å²) in [4.78, 5) is 31.3. The first-order valence-electron chi connectivity index (χ1n) is 11.5. The van der Waals surface area contributed by atoms with Crippen LogP contribution in [-0.4, -0.2) is 15.7 Å². The number of rotatable bonds is 4. The number of para-hydroxylation sites is 2. The highest BCUT2D eigenvalue weighted by Gasteiger charge is 2.41. The van der Waals surface area contributed by atoms with Crippen molar-refractivity contribution in [2.45, 2.75) is 39.3 Å². The number of nitrogens with zero attached hydrogens (tertiary/aromatic N) is 3. The largest absolute Gasteiger partial charge is 0.357 e. The fourth-order valence-corrected chi connectivity index (χ4v) is 5.19. The van der Waals surface area contributed by atoms with Gasteiger partial charge in [-0.1, -0.05) is 55.8 Å². The zero-order chi connectivity index (χ0) is 24.7. The van der Waals surface area contributed by atoms with E-state index in [1.165, 1.54) is 6.07 Å². The highest BCUT2D eigenvalue weighted by Crippen LogP contribution is 2.48. The monoisotopic (exact) mass is 488 g/mol. The molecule has 0 saturated heterocycles. The molecule has 0 unspecified atom stereocenters. The van der Waals surface area contributed by atoms with Crippen molar-refractivity contribution >= 4 is 34.4 Å². The molecule has 35 heavy (non-hydrogen) atoms. The van der Waals surface area contributed by atoms with Crippen LogP contribution in [0.5, 0.6) is 0 Å². The molecule has 0 fully saturated rings. The van der Waals surface area contributed by atoms with E-state index in [4.69, 9.17) is 11.6 Å². The molecule has 1 aromatic heterocycles. The number of nitro groups is 1. The fourth-order valence-electron chi connectivity index (χ4n) is 5.08. The summed E-state index contributed by atoms with van der Waals surface area (Å²) in [7, 11) is 0. The molecule has 0 amide bonds. The molecule has 2 heterocycles. The summed E-state index contributed by atoms with van der Waals surface area (Å²) in [5, 5.41) is 15.6. The summed E-state index contributed by atoms with van der Waals surface area (Å²) in [5.41, 5.74) is 4.72. The number of Topliss-reactive ketones (excluding diaryl/α,β-unsaturated/α-hetero) is 1. The van der Waals surface area contributed by atoms with Crippen LogP contribution in [0.25, 0.3) is 0 Å². The van der Waals surface area contributed by atoms with Gasteiger partial charge in [0.15, 0.2) is 5.78 Å². The normalized spacial score (nSPS) is 18.9. The summed E-state index contributed by atoms with van der Waals surface area (Å²) in [6.45, 7) is 4.61. The maximum absolute atomic E-state index is 13.7. The number of carbonyl (C=O) groups is 1. The van der Waals surface area contributed by atoms with Gasteiger partial charge in [0.05, 0.1) is 22.3 Å². The molecule has 0 spiro atoms. The molecule has 0 bridgehead atoms. The number of hydrogen-bond donors (Lipinski definition) is 1. The highest BCUT2D eigenvalue weighted by molar-refractivity contribution is 6.29. The predicted octanol–water partition coefficient (Wildman–Crippen LogP) is 6.46. The van der Waals surface area contributed by atoms with Crippen LogP contribution in [0.4, 0.5) is 17.1 Å². The quantitative estimate of drug-likeness (QED) is 0.257. The maximum atomic E-state index is 13.7. The Bertz CT molecular complexity index is 1350. The number of nitro benzene ring substituents is 1. The molecular formula is C27H25ClN4O3. The van der Waals surface area contributed by atoms with Gasteiger partial charge in [-0.25, -0.2) is 4.98 Å². The van der Waals surface area contributed by atoms with Crippen LogP contribution in [0.3, 0.4) is 0 Å². The molecule has 5 rings (SSSR count). The molecular weight excluding hydrogens is 464 g/mol. The lowest BCUT2D eigenvalue weighted by molar-refractivity contribution is -0.384. The third-order valence-electron chi connectivity index (χ3n) is 6.54. The van der Waals surface area contributed by atoms with Crippen molar-refractivity contribution in [3.05, 3.63) is 105 Å². The molecule has 2 aromatic carbocycles. The number of nitrogens with one attached hydrogen (secondary N) is 1. The second-order valence-corrected chi connectivity index (χ2v) is 10.2. The van der Waals surface area contributed by atoms with Gasteiger partial charge in [0.2, 0.25) is 0 Å². The molecule has 0 radical (unpaired) electrons. The van der Waals surface area contributed by atoms with Gasteiger partial charge in [-0.3, -0.25) is 14.9 Å². The number of ketones is 1. The average Bonchev–Trinajstić information content (AvgIpc) is 2.94. The standard InChI is InChI=1S/C27H25ClN4O3/c1-27(2)13-21-25(23(33)14-27)26(18-6-5-7-19(12-18)32(34)35)31(16-17-10-11-24(28)29-15-17)22-9-4-3-8-20(22)30-21/h3-12,15,26,30H,13-14,16H2,1-2H3/t26-/m1/s1. The third-order valence-corrected chi connectivity index (χ3v) is 6.77. The molecule has 8 heteroatoms. The lowest BCUT2D eigenvalue weighted by atomic mass is 9.73. The molecule has 1 aliphatic carbocycles. The summed E-state index contributed by atoms with van der Waals surface area (Å²) >= 11 is 6.02. The van der Waals surface area contributed by atoms with Crippen LogP contribution < -0.4 is 10.2 Å². The first kappa shape index (κ1) is 23.1. The Morgan fingerprint density at radius 1 is 1.14 bits per heavy atom. The van der Waals surface area contributed by atoms with Crippen molar-refractivity contribution in [3.63, 3.8) is 0 Å². The highest BCUT2D eigenvalue weighted by atomic mass is 35.5. The summed E-state index contributed by atoms with van der Waals surface area (Å²) in [5.74, 6) is 0.0484. The molecule has 0 saturated carbocycles. The lowest BCUT2D eigenvalue weighted by Gasteiger charge is -2.38. The van der Waals surface area contributed by atoms with Crippen LogP contribution in [0.2, 0.25) is 5.15 Å². The van der Waals surface area contributed by atoms with Gasteiger partial charge in [0.25, 0.3) is 5.69 Å². The Morgan fingerprint density at radius 2 is 1.94 bits per heavy atom. The molecule has 1 atom stereocenters. The van der Waals surface area contributed by atoms with Gasteiger partial charge in [-0.2, -0.15) is 0 Å². The molecule has 7 nitrogen and oxygen atoms in total. The Kier molecular flexibility index (Phi) is 5.81. The number of anilines is 2. The van der Waals surface area contributed by atoms with Crippen LogP contribution in [0.15, 0.2) is 78.1 Å². The average molecular weight is 489 g/mol. The van der Waals surface area contributed by atoms with E-state index in [1.54, 1.807) is 24.4 Å². The lowest BCUT2D eigenvalue weighted by Crippen LogP contribution is -2.36. The predicted molar refractivity (Wildman–Crippen MR) is 136 cm³/mol. The van der Waals surface area contributed by atoms with Gasteiger partial charge in [0.1, 0.15) is 5.15 Å². The van der Waals surface area contributed by atoms with E-state index in [2.05, 4.69) is 29.0 Å². The smallest absolute Gasteiger partial charge is 0.269 e. The van der Waals surface area contributed by atoms with E-state index < -0.39 is 11.0 Å². The van der Waals surface area contributed by atoms with Crippen molar-refractivity contribution in [1.29, 1.82) is 0 Å². The Hall–Kier alpha value is -3.71. The molecule has 2 aliphatic rings. The number of benzene rings is 2. The van der Waals surface area contributed by atoms with Crippen LogP contribution >= 0.6 is 11.6 Å². The van der Waals surface area contributed by atoms with Gasteiger partial charge in [-0.05, 0) is 41.2 Å². The number of halogens is 1. The summed E-state index contributed by atoms with van der Waals surface area (Å²) in [6, 6.07) is 17.6. The van der Waals surface area contributed by atoms with Crippen molar-refractivity contribution in [3.8, 4) is 0 Å². The van der Waals surface area contributed by atoms with E-state index in [0.717, 1.165) is 22.6 Å². The number of allylic oxidation sites excluding steroid dienone is 1. The molecule has 1 N–H and O–H groups in total. The van der Waals surface area contributed by atoms with Crippen molar-refractivity contribution in [1.82, 2.24) is 4.98 Å². The van der Waals surface area contributed by atoms with E-state index in [0.29, 0.717) is 35.7 Å². The molecule has 1 aliphatic heterocycles. The van der Waals surface area contributed by atoms with Crippen molar-refractivity contribution in [2.24, 2.45) is 5.41 Å². The van der Waals surface area contributed by atoms with Gasteiger partial charge >= 0.3 is 0 Å². The number of pyridine rings is 1. The maximum Gasteiger partial charge on any atom is 0.269 e. The minimum absolute atomic E-state index is 0.00756. The number of carbonyl (C=O) groups excluding carboxylic acids is 1. The first-order chi connectivity index (χ1) is 16.7. The topological polar surface area (TPSA) is 88.4 Å². The Labute approximate surface area is 208 Å². The number of hydrogen-bond acceptors (Lipinski definition) is 6. The SMILES string of the molecule is CC1(C)CC(=O)C2=C(C1)Nc1ccccc1N(Cc1ccc(Cl)nc1)[C@@H]2c1cccc([N+](=O)[O-])c1. The zero-order valence-electron chi connectivity index (χ0n) is 19.5. The van der Waals surface area contributed by atoms with Crippen LogP contribution in [0, 0.1) is 15.5 Å².